The third-order valence-corrected chi connectivity index (χ3v) is 5.64. The summed E-state index contributed by atoms with van der Waals surface area (Å²) in [6.07, 6.45) is 0. The second kappa shape index (κ2) is 6.81. The van der Waals surface area contributed by atoms with E-state index in [0.717, 1.165) is 22.3 Å². The maximum atomic E-state index is 13.7. The number of thiazole rings is 1. The van der Waals surface area contributed by atoms with E-state index in [1.807, 2.05) is 12.3 Å². The van der Waals surface area contributed by atoms with Crippen molar-refractivity contribution in [2.75, 3.05) is 11.8 Å². The molecule has 0 fully saturated rings. The van der Waals surface area contributed by atoms with Crippen LogP contribution in [-0.2, 0) is 10.0 Å². The molecule has 0 aliphatic rings. The lowest BCUT2D eigenvalue weighted by atomic mass is 10.1. The van der Waals surface area contributed by atoms with Crippen molar-refractivity contribution in [2.45, 2.75) is 11.8 Å². The summed E-state index contributed by atoms with van der Waals surface area (Å²) in [5.41, 5.74) is 2.11. The van der Waals surface area contributed by atoms with Crippen molar-refractivity contribution in [3.63, 3.8) is 0 Å². The Morgan fingerprint density at radius 3 is 2.44 bits per heavy atom. The van der Waals surface area contributed by atoms with Crippen molar-refractivity contribution in [3.05, 3.63) is 58.7 Å². The molecule has 0 saturated heterocycles. The lowest BCUT2D eigenvalue weighted by molar-refractivity contribution is 0.385. The first-order valence-electron chi connectivity index (χ1n) is 7.28. The number of nitrogens with zero attached hydrogens (tertiary/aromatic N) is 1. The Balaban J connectivity index is 1.82. The van der Waals surface area contributed by atoms with Gasteiger partial charge in [0.1, 0.15) is 0 Å². The Morgan fingerprint density at radius 1 is 1.16 bits per heavy atom. The smallest absolute Gasteiger partial charge is 0.262 e. The van der Waals surface area contributed by atoms with E-state index in [4.69, 9.17) is 4.74 Å². The largest absolute Gasteiger partial charge is 0.494 e. The van der Waals surface area contributed by atoms with Gasteiger partial charge >= 0.3 is 0 Å². The Kier molecular flexibility index (Phi) is 4.73. The summed E-state index contributed by atoms with van der Waals surface area (Å²) in [6, 6.07) is 10.3. The zero-order chi connectivity index (χ0) is 18.0. The van der Waals surface area contributed by atoms with E-state index in [9.17, 15) is 12.8 Å². The quantitative estimate of drug-likeness (QED) is 0.727. The Morgan fingerprint density at radius 2 is 1.88 bits per heavy atom. The predicted octanol–water partition coefficient (Wildman–Crippen LogP) is 4.07. The number of halogens is 1. The van der Waals surface area contributed by atoms with E-state index in [1.165, 1.54) is 19.2 Å². The minimum absolute atomic E-state index is 0.0122. The van der Waals surface area contributed by atoms with Gasteiger partial charge in [-0.05, 0) is 37.3 Å². The van der Waals surface area contributed by atoms with Crippen LogP contribution in [0.5, 0.6) is 5.75 Å². The number of rotatable bonds is 5. The van der Waals surface area contributed by atoms with Crippen LogP contribution in [-0.4, -0.2) is 20.5 Å². The van der Waals surface area contributed by atoms with Crippen LogP contribution in [0.25, 0.3) is 11.3 Å². The fourth-order valence-electron chi connectivity index (χ4n) is 2.23. The summed E-state index contributed by atoms with van der Waals surface area (Å²) in [5.74, 6) is -0.749. The molecular formula is C17H15FN2O3S2. The lowest BCUT2D eigenvalue weighted by Crippen LogP contribution is -2.13. The van der Waals surface area contributed by atoms with Crippen LogP contribution in [0, 0.1) is 12.7 Å². The van der Waals surface area contributed by atoms with E-state index in [1.54, 1.807) is 35.6 Å². The average Bonchev–Trinajstić information content (AvgIpc) is 3.01. The molecule has 3 rings (SSSR count). The van der Waals surface area contributed by atoms with Crippen molar-refractivity contribution >= 4 is 27.0 Å². The molecule has 1 aromatic heterocycles. The maximum absolute atomic E-state index is 13.7. The minimum atomic E-state index is -3.89. The number of benzene rings is 2. The number of anilines is 1. The molecule has 2 aromatic carbocycles. The Hall–Kier alpha value is -2.45. The molecule has 0 amide bonds. The highest BCUT2D eigenvalue weighted by Crippen LogP contribution is 2.25. The van der Waals surface area contributed by atoms with Gasteiger partial charge in [-0.3, -0.25) is 4.72 Å². The molecule has 0 radical (unpaired) electrons. The van der Waals surface area contributed by atoms with Crippen molar-refractivity contribution in [3.8, 4) is 17.0 Å². The van der Waals surface area contributed by atoms with Crippen molar-refractivity contribution in [1.29, 1.82) is 0 Å². The van der Waals surface area contributed by atoms with Gasteiger partial charge in [0.2, 0.25) is 0 Å². The number of aromatic nitrogens is 1. The number of hydrogen-bond acceptors (Lipinski definition) is 5. The fourth-order valence-corrected chi connectivity index (χ4v) is 3.93. The van der Waals surface area contributed by atoms with Crippen LogP contribution in [0.15, 0.2) is 52.7 Å². The molecule has 25 heavy (non-hydrogen) atoms. The maximum Gasteiger partial charge on any atom is 0.262 e. The summed E-state index contributed by atoms with van der Waals surface area (Å²) in [5, 5.41) is 2.90. The molecule has 0 unspecified atom stereocenters. The Labute approximate surface area is 149 Å². The molecule has 0 saturated carbocycles. The molecule has 3 aromatic rings. The molecule has 0 aliphatic heterocycles. The van der Waals surface area contributed by atoms with Gasteiger partial charge < -0.3 is 4.74 Å². The van der Waals surface area contributed by atoms with Crippen LogP contribution >= 0.6 is 11.3 Å². The first-order chi connectivity index (χ1) is 11.9. The monoisotopic (exact) mass is 378 g/mol. The SMILES string of the molecule is COc1ccc(S(=O)(=O)Nc2ccc(-c3csc(C)n3)cc2)cc1F. The van der Waals surface area contributed by atoms with Gasteiger partial charge in [-0.25, -0.2) is 17.8 Å². The molecule has 5 nitrogen and oxygen atoms in total. The van der Waals surface area contributed by atoms with E-state index in [2.05, 4.69) is 9.71 Å². The zero-order valence-corrected chi connectivity index (χ0v) is 15.1. The van der Waals surface area contributed by atoms with Gasteiger partial charge in [-0.15, -0.1) is 11.3 Å². The van der Waals surface area contributed by atoms with Crippen LogP contribution in [0.2, 0.25) is 0 Å². The summed E-state index contributed by atoms with van der Waals surface area (Å²) in [6.45, 7) is 1.92. The van der Waals surface area contributed by atoms with E-state index in [0.29, 0.717) is 5.69 Å². The van der Waals surface area contributed by atoms with Crippen LogP contribution in [0.3, 0.4) is 0 Å². The highest BCUT2D eigenvalue weighted by molar-refractivity contribution is 7.92. The topological polar surface area (TPSA) is 68.3 Å². The standard InChI is InChI=1S/C17H15FN2O3S2/c1-11-19-16(10-24-11)12-3-5-13(6-4-12)20-25(21,22)14-7-8-17(23-2)15(18)9-14/h3-10,20H,1-2H3. The van der Waals surface area contributed by atoms with E-state index >= 15 is 0 Å². The van der Waals surface area contributed by atoms with Crippen molar-refractivity contribution in [2.24, 2.45) is 0 Å². The molecule has 0 aliphatic carbocycles. The van der Waals surface area contributed by atoms with E-state index < -0.39 is 15.8 Å². The van der Waals surface area contributed by atoms with Crippen molar-refractivity contribution < 1.29 is 17.5 Å². The van der Waals surface area contributed by atoms with Gasteiger partial charge in [-0.2, -0.15) is 0 Å². The average molecular weight is 378 g/mol. The second-order valence-corrected chi connectivity index (χ2v) is 7.98. The molecule has 130 valence electrons. The third-order valence-electron chi connectivity index (χ3n) is 3.49. The number of methoxy groups -OCH3 is 1. The van der Waals surface area contributed by atoms with Gasteiger partial charge in [0.15, 0.2) is 11.6 Å². The summed E-state index contributed by atoms with van der Waals surface area (Å²) < 4.78 is 45.7. The molecule has 8 heteroatoms. The van der Waals surface area contributed by atoms with Gasteiger partial charge in [-0.1, -0.05) is 12.1 Å². The molecule has 0 bridgehead atoms. The number of sulfonamides is 1. The number of nitrogens with one attached hydrogen (secondary N) is 1. The highest BCUT2D eigenvalue weighted by atomic mass is 32.2. The summed E-state index contributed by atoms with van der Waals surface area (Å²) >= 11 is 1.55. The lowest BCUT2D eigenvalue weighted by Gasteiger charge is -2.10. The third kappa shape index (κ3) is 3.80. The van der Waals surface area contributed by atoms with Crippen LogP contribution in [0.1, 0.15) is 5.01 Å². The second-order valence-electron chi connectivity index (χ2n) is 5.23. The summed E-state index contributed by atoms with van der Waals surface area (Å²) in [7, 11) is -2.58. The van der Waals surface area contributed by atoms with E-state index in [-0.39, 0.29) is 10.6 Å². The van der Waals surface area contributed by atoms with Crippen molar-refractivity contribution in [1.82, 2.24) is 4.98 Å². The zero-order valence-electron chi connectivity index (χ0n) is 13.5. The van der Waals surface area contributed by atoms with Crippen LogP contribution in [0.4, 0.5) is 10.1 Å². The first-order valence-corrected chi connectivity index (χ1v) is 9.64. The van der Waals surface area contributed by atoms with Gasteiger partial charge in [0, 0.05) is 16.6 Å². The molecular weight excluding hydrogens is 363 g/mol. The molecule has 0 atom stereocenters. The number of aryl methyl sites for hydroxylation is 1. The van der Waals surface area contributed by atoms with Gasteiger partial charge in [0.25, 0.3) is 10.0 Å². The Bertz CT molecular complexity index is 999. The number of hydrogen-bond donors (Lipinski definition) is 1. The minimum Gasteiger partial charge on any atom is -0.494 e. The van der Waals surface area contributed by atoms with Gasteiger partial charge in [0.05, 0.1) is 22.7 Å². The first kappa shape index (κ1) is 17.4. The fraction of sp³-hybridized carbons (Fsp3) is 0.118. The normalized spacial score (nSPS) is 11.3. The predicted molar refractivity (Wildman–Crippen MR) is 96.0 cm³/mol. The van der Waals surface area contributed by atoms with Crippen LogP contribution < -0.4 is 9.46 Å². The molecule has 1 heterocycles. The molecule has 0 spiro atoms. The highest BCUT2D eigenvalue weighted by Gasteiger charge is 2.17. The molecule has 1 N–H and O–H groups in total. The summed E-state index contributed by atoms with van der Waals surface area (Å²) in [4.78, 5) is 4.21. The number of ether oxygens (including phenoxy) is 1.